The van der Waals surface area contributed by atoms with Gasteiger partial charge in [-0.05, 0) is 13.3 Å². The second-order valence-electron chi connectivity index (χ2n) is 4.62. The number of nitrogens with two attached hydrogens (primary N) is 1. The Bertz CT molecular complexity index is 500. The lowest BCUT2D eigenvalue weighted by molar-refractivity contribution is -0.128. The average Bonchev–Trinajstić information content (AvgIpc) is 2.57. The maximum Gasteiger partial charge on any atom is 0.265 e. The largest absolute Gasteiger partial charge is 0.375 e. The van der Waals surface area contributed by atoms with Gasteiger partial charge in [0, 0.05) is 33.1 Å². The number of aromatic nitrogens is 1. The molecule has 2 rings (SSSR count). The topological polar surface area (TPSA) is 79.5 Å². The van der Waals surface area contributed by atoms with Gasteiger partial charge in [0.15, 0.2) is 5.13 Å². The van der Waals surface area contributed by atoms with Crippen molar-refractivity contribution in [3.8, 4) is 0 Å². The Labute approximate surface area is 116 Å². The summed E-state index contributed by atoms with van der Waals surface area (Å²) < 4.78 is 0. The van der Waals surface area contributed by atoms with E-state index in [1.54, 1.807) is 23.6 Å². The molecule has 19 heavy (non-hydrogen) atoms. The third-order valence-corrected chi connectivity index (χ3v) is 4.21. The summed E-state index contributed by atoms with van der Waals surface area (Å²) in [6.45, 7) is 5.89. The van der Waals surface area contributed by atoms with Crippen molar-refractivity contribution in [1.29, 1.82) is 0 Å². The van der Waals surface area contributed by atoms with Gasteiger partial charge in [-0.1, -0.05) is 11.3 Å². The van der Waals surface area contributed by atoms with E-state index in [-0.39, 0.29) is 11.8 Å². The predicted molar refractivity (Wildman–Crippen MR) is 74.0 cm³/mol. The van der Waals surface area contributed by atoms with E-state index in [1.807, 2.05) is 0 Å². The maximum atomic E-state index is 12.4. The molecule has 104 valence electrons. The van der Waals surface area contributed by atoms with Crippen LogP contribution in [0.25, 0.3) is 0 Å². The maximum absolute atomic E-state index is 12.4. The molecule has 0 bridgehead atoms. The van der Waals surface area contributed by atoms with Crippen LogP contribution in [-0.4, -0.2) is 52.8 Å². The minimum atomic E-state index is -0.0305. The molecule has 0 saturated carbocycles. The van der Waals surface area contributed by atoms with Gasteiger partial charge in [0.2, 0.25) is 5.91 Å². The summed E-state index contributed by atoms with van der Waals surface area (Å²) >= 11 is 1.22. The first-order valence-electron chi connectivity index (χ1n) is 6.26. The zero-order chi connectivity index (χ0) is 14.0. The highest BCUT2D eigenvalue weighted by Gasteiger charge is 2.24. The molecule has 1 saturated heterocycles. The first-order chi connectivity index (χ1) is 8.99. The molecule has 0 aromatic carbocycles. The van der Waals surface area contributed by atoms with E-state index in [4.69, 9.17) is 5.73 Å². The number of thiazole rings is 1. The van der Waals surface area contributed by atoms with Crippen molar-refractivity contribution >= 4 is 28.3 Å². The molecule has 0 aliphatic carbocycles. The Morgan fingerprint density at radius 1 is 1.21 bits per heavy atom. The van der Waals surface area contributed by atoms with Crippen LogP contribution in [0.2, 0.25) is 0 Å². The van der Waals surface area contributed by atoms with Crippen LogP contribution in [0.4, 0.5) is 5.13 Å². The van der Waals surface area contributed by atoms with Crippen molar-refractivity contribution in [3.63, 3.8) is 0 Å². The number of nitrogen functional groups attached to an aromatic ring is 1. The number of carbonyl (C=O) groups excluding carboxylic acids is 2. The minimum Gasteiger partial charge on any atom is -0.375 e. The molecule has 7 heteroatoms. The van der Waals surface area contributed by atoms with Gasteiger partial charge >= 0.3 is 0 Å². The van der Waals surface area contributed by atoms with Gasteiger partial charge in [-0.2, -0.15) is 0 Å². The van der Waals surface area contributed by atoms with Crippen molar-refractivity contribution in [3.05, 3.63) is 10.6 Å². The Balaban J connectivity index is 2.08. The summed E-state index contributed by atoms with van der Waals surface area (Å²) in [5.41, 5.74) is 6.30. The number of hydrogen-bond donors (Lipinski definition) is 1. The molecule has 1 aliphatic heterocycles. The molecule has 0 spiro atoms. The standard InChI is InChI=1S/C12H18N4O2S/c1-8-10(19-12(13)14-8)11(18)16-5-3-4-15(6-7-16)9(2)17/h3-7H2,1-2H3,(H2,13,14). The predicted octanol–water partition coefficient (Wildman–Crippen LogP) is 0.728. The third kappa shape index (κ3) is 3.04. The molecule has 0 unspecified atom stereocenters. The lowest BCUT2D eigenvalue weighted by atomic mass is 10.3. The normalized spacial score (nSPS) is 16.3. The number of amides is 2. The van der Waals surface area contributed by atoms with Gasteiger partial charge in [-0.25, -0.2) is 4.98 Å². The molecule has 0 atom stereocenters. The Morgan fingerprint density at radius 2 is 1.84 bits per heavy atom. The molecular weight excluding hydrogens is 264 g/mol. The number of nitrogens with zero attached hydrogens (tertiary/aromatic N) is 3. The van der Waals surface area contributed by atoms with Crippen molar-refractivity contribution in [2.24, 2.45) is 0 Å². The van der Waals surface area contributed by atoms with Gasteiger partial charge < -0.3 is 15.5 Å². The molecule has 2 N–H and O–H groups in total. The average molecular weight is 282 g/mol. The van der Waals surface area contributed by atoms with Gasteiger partial charge in [0.05, 0.1) is 5.69 Å². The van der Waals surface area contributed by atoms with E-state index in [0.29, 0.717) is 41.9 Å². The van der Waals surface area contributed by atoms with Crippen LogP contribution in [0.15, 0.2) is 0 Å². The second kappa shape index (κ2) is 5.56. The smallest absolute Gasteiger partial charge is 0.265 e. The SMILES string of the molecule is CC(=O)N1CCCN(C(=O)c2sc(N)nc2C)CC1. The van der Waals surface area contributed by atoms with E-state index >= 15 is 0 Å². The van der Waals surface area contributed by atoms with Gasteiger partial charge in [-0.3, -0.25) is 9.59 Å². The summed E-state index contributed by atoms with van der Waals surface area (Å²) in [4.78, 5) is 32.0. The molecule has 1 aliphatic rings. The Morgan fingerprint density at radius 3 is 2.42 bits per heavy atom. The van der Waals surface area contributed by atoms with E-state index in [0.717, 1.165) is 6.42 Å². The fraction of sp³-hybridized carbons (Fsp3) is 0.583. The van der Waals surface area contributed by atoms with Crippen LogP contribution in [0.3, 0.4) is 0 Å². The van der Waals surface area contributed by atoms with Crippen LogP contribution < -0.4 is 5.73 Å². The monoisotopic (exact) mass is 282 g/mol. The molecular formula is C12H18N4O2S. The summed E-state index contributed by atoms with van der Waals surface area (Å²) in [5, 5.41) is 0.418. The highest BCUT2D eigenvalue weighted by Crippen LogP contribution is 2.22. The van der Waals surface area contributed by atoms with Crippen LogP contribution in [0.5, 0.6) is 0 Å². The van der Waals surface area contributed by atoms with Crippen molar-refractivity contribution in [1.82, 2.24) is 14.8 Å². The van der Waals surface area contributed by atoms with Crippen LogP contribution >= 0.6 is 11.3 Å². The Hall–Kier alpha value is -1.63. The summed E-state index contributed by atoms with van der Waals surface area (Å²) in [5.74, 6) is 0.0321. The zero-order valence-corrected chi connectivity index (χ0v) is 12.0. The fourth-order valence-electron chi connectivity index (χ4n) is 2.19. The first-order valence-corrected chi connectivity index (χ1v) is 7.08. The lowest BCUT2D eigenvalue weighted by Gasteiger charge is -2.20. The van der Waals surface area contributed by atoms with Crippen LogP contribution in [-0.2, 0) is 4.79 Å². The van der Waals surface area contributed by atoms with Gasteiger partial charge in [-0.15, -0.1) is 0 Å². The van der Waals surface area contributed by atoms with Crippen LogP contribution in [0.1, 0.15) is 28.7 Å². The number of rotatable bonds is 1. The summed E-state index contributed by atoms with van der Waals surface area (Å²) in [6, 6.07) is 0. The molecule has 6 nitrogen and oxygen atoms in total. The van der Waals surface area contributed by atoms with Crippen molar-refractivity contribution in [2.75, 3.05) is 31.9 Å². The van der Waals surface area contributed by atoms with Gasteiger partial charge in [0.1, 0.15) is 4.88 Å². The minimum absolute atomic E-state index is 0.0305. The zero-order valence-electron chi connectivity index (χ0n) is 11.2. The second-order valence-corrected chi connectivity index (χ2v) is 5.65. The molecule has 1 aromatic heterocycles. The van der Waals surface area contributed by atoms with E-state index < -0.39 is 0 Å². The van der Waals surface area contributed by atoms with Crippen molar-refractivity contribution in [2.45, 2.75) is 20.3 Å². The van der Waals surface area contributed by atoms with E-state index in [2.05, 4.69) is 4.98 Å². The quantitative estimate of drug-likeness (QED) is 0.823. The first kappa shape index (κ1) is 13.8. The molecule has 1 aromatic rings. The van der Waals surface area contributed by atoms with Crippen molar-refractivity contribution < 1.29 is 9.59 Å². The van der Waals surface area contributed by atoms with E-state index in [1.165, 1.54) is 11.3 Å². The van der Waals surface area contributed by atoms with Gasteiger partial charge in [0.25, 0.3) is 5.91 Å². The molecule has 2 heterocycles. The highest BCUT2D eigenvalue weighted by atomic mass is 32.1. The summed E-state index contributed by atoms with van der Waals surface area (Å²) in [6.07, 6.45) is 0.804. The fourth-order valence-corrected chi connectivity index (χ4v) is 3.00. The number of anilines is 1. The number of hydrogen-bond acceptors (Lipinski definition) is 5. The number of aryl methyl sites for hydroxylation is 1. The Kier molecular flexibility index (Phi) is 4.04. The molecule has 2 amide bonds. The summed E-state index contributed by atoms with van der Waals surface area (Å²) in [7, 11) is 0. The van der Waals surface area contributed by atoms with E-state index in [9.17, 15) is 9.59 Å². The van der Waals surface area contributed by atoms with Crippen LogP contribution in [0, 0.1) is 6.92 Å². The molecule has 0 radical (unpaired) electrons. The third-order valence-electron chi connectivity index (χ3n) is 3.24. The lowest BCUT2D eigenvalue weighted by Crippen LogP contribution is -2.36. The number of carbonyl (C=O) groups is 2. The highest BCUT2D eigenvalue weighted by molar-refractivity contribution is 7.17. The molecule has 1 fully saturated rings.